The Hall–Kier alpha value is -3.21. The Kier molecular flexibility index (Phi) is 4.99. The Morgan fingerprint density at radius 3 is 2.78 bits per heavy atom. The standard InChI is InChI=1S/C25H30FN7O3/c1-35-12-15-11-33-21(27-15)7-17(14-2-3-14)28-23(33)29-20-6-18(31-32-20)16-4-5-19(22(16)26)36-24(34)30-25-8-13(9-25)10-25/h6-7,11,13-14,16,19,22H,2-5,8-10,12H2,1H3,(H,30,34)(H2,28,29,31,32)/t13?,16-,19-,22+,25?/m1/s1. The zero-order chi connectivity index (χ0) is 24.4. The van der Waals surface area contributed by atoms with Gasteiger partial charge in [0.1, 0.15) is 17.9 Å². The number of halogens is 1. The number of rotatable bonds is 8. The van der Waals surface area contributed by atoms with Crippen molar-refractivity contribution in [1.29, 1.82) is 0 Å². The highest BCUT2D eigenvalue weighted by molar-refractivity contribution is 5.69. The molecule has 5 fully saturated rings. The number of alkyl halides is 1. The summed E-state index contributed by atoms with van der Waals surface area (Å²) < 4.78 is 27.9. The fourth-order valence-corrected chi connectivity index (χ4v) is 6.04. The molecule has 3 aromatic rings. The molecule has 8 rings (SSSR count). The first-order chi connectivity index (χ1) is 17.5. The fraction of sp³-hybridized carbons (Fsp3) is 0.600. The highest BCUT2D eigenvalue weighted by atomic mass is 19.1. The lowest BCUT2D eigenvalue weighted by molar-refractivity contribution is -0.0532. The van der Waals surface area contributed by atoms with Gasteiger partial charge in [0.25, 0.3) is 0 Å². The lowest BCUT2D eigenvalue weighted by atomic mass is 9.50. The summed E-state index contributed by atoms with van der Waals surface area (Å²) in [6.45, 7) is 0.411. The van der Waals surface area contributed by atoms with Crippen LogP contribution < -0.4 is 10.6 Å². The summed E-state index contributed by atoms with van der Waals surface area (Å²) >= 11 is 0. The molecule has 3 atom stereocenters. The Labute approximate surface area is 207 Å². The predicted octanol–water partition coefficient (Wildman–Crippen LogP) is 4.08. The van der Waals surface area contributed by atoms with Gasteiger partial charge >= 0.3 is 6.09 Å². The average molecular weight is 496 g/mol. The third-order valence-corrected chi connectivity index (χ3v) is 8.21. The maximum absolute atomic E-state index is 15.3. The smallest absolute Gasteiger partial charge is 0.407 e. The maximum Gasteiger partial charge on any atom is 0.407 e. The summed E-state index contributed by atoms with van der Waals surface area (Å²) in [5.41, 5.74) is 3.22. The molecule has 2 bridgehead atoms. The molecule has 0 aromatic carbocycles. The molecule has 0 radical (unpaired) electrons. The second-order valence-electron chi connectivity index (χ2n) is 11.0. The minimum absolute atomic E-state index is 0.0780. The number of alkyl carbamates (subject to hydrolysis) is 1. The van der Waals surface area contributed by atoms with Crippen LogP contribution in [0, 0.1) is 5.92 Å². The predicted molar refractivity (Wildman–Crippen MR) is 128 cm³/mol. The van der Waals surface area contributed by atoms with Crippen LogP contribution in [0.15, 0.2) is 18.3 Å². The lowest BCUT2D eigenvalue weighted by Crippen LogP contribution is -2.68. The van der Waals surface area contributed by atoms with Crippen LogP contribution in [0.3, 0.4) is 0 Å². The van der Waals surface area contributed by atoms with Gasteiger partial charge in [0.15, 0.2) is 5.82 Å². The van der Waals surface area contributed by atoms with Gasteiger partial charge in [-0.2, -0.15) is 5.10 Å². The first-order valence-corrected chi connectivity index (χ1v) is 12.8. The number of aromatic nitrogens is 5. The number of amides is 1. The number of ether oxygens (including phenoxy) is 2. The van der Waals surface area contributed by atoms with Crippen molar-refractivity contribution in [2.24, 2.45) is 5.92 Å². The third kappa shape index (κ3) is 3.80. The summed E-state index contributed by atoms with van der Waals surface area (Å²) in [5, 5.41) is 13.6. The Balaban J connectivity index is 1.05. The minimum Gasteiger partial charge on any atom is -0.443 e. The van der Waals surface area contributed by atoms with E-state index in [1.54, 1.807) is 7.11 Å². The molecule has 0 aliphatic heterocycles. The van der Waals surface area contributed by atoms with Gasteiger partial charge in [-0.25, -0.2) is 19.2 Å². The van der Waals surface area contributed by atoms with E-state index in [0.717, 1.165) is 55.1 Å². The number of carbonyl (C=O) groups is 1. The van der Waals surface area contributed by atoms with Crippen molar-refractivity contribution in [3.63, 3.8) is 0 Å². The number of carbonyl (C=O) groups excluding carboxylic acids is 1. The Bertz CT molecular complexity index is 1300. The zero-order valence-electron chi connectivity index (χ0n) is 20.2. The first-order valence-electron chi connectivity index (χ1n) is 12.8. The van der Waals surface area contributed by atoms with Crippen LogP contribution in [0.4, 0.5) is 21.0 Å². The summed E-state index contributed by atoms with van der Waals surface area (Å²) in [6, 6.07) is 3.83. The van der Waals surface area contributed by atoms with Crippen molar-refractivity contribution in [3.8, 4) is 0 Å². The number of anilines is 2. The van der Waals surface area contributed by atoms with E-state index in [9.17, 15) is 4.79 Å². The van der Waals surface area contributed by atoms with E-state index in [1.807, 2.05) is 22.7 Å². The SMILES string of the molecule is COCc1cn2c(Nc3cc([C@H]4CC[C@@H](OC(=O)NC56CC(C5)C6)[C@H]4F)[nH]n3)nc(C3CC3)cc2n1. The van der Waals surface area contributed by atoms with Crippen molar-refractivity contribution in [3.05, 3.63) is 35.4 Å². The molecule has 0 saturated heterocycles. The highest BCUT2D eigenvalue weighted by Crippen LogP contribution is 2.57. The number of H-pyrrole nitrogens is 1. The van der Waals surface area contributed by atoms with Gasteiger partial charge in [-0.3, -0.25) is 9.50 Å². The molecule has 1 amide bonds. The number of methoxy groups -OCH3 is 1. The molecule has 36 heavy (non-hydrogen) atoms. The van der Waals surface area contributed by atoms with E-state index in [0.29, 0.717) is 42.8 Å². The van der Waals surface area contributed by atoms with Crippen molar-refractivity contribution in [2.75, 3.05) is 12.4 Å². The van der Waals surface area contributed by atoms with E-state index in [-0.39, 0.29) is 5.54 Å². The largest absolute Gasteiger partial charge is 0.443 e. The Morgan fingerprint density at radius 1 is 1.22 bits per heavy atom. The van der Waals surface area contributed by atoms with Crippen molar-refractivity contribution < 1.29 is 18.7 Å². The lowest BCUT2D eigenvalue weighted by Gasteiger charge is -2.61. The Morgan fingerprint density at radius 2 is 2.06 bits per heavy atom. The number of hydrogen-bond acceptors (Lipinski definition) is 7. The van der Waals surface area contributed by atoms with Gasteiger partial charge in [-0.1, -0.05) is 0 Å². The molecule has 11 heteroatoms. The van der Waals surface area contributed by atoms with Crippen molar-refractivity contribution in [2.45, 2.75) is 81.2 Å². The third-order valence-electron chi connectivity index (χ3n) is 8.21. The van der Waals surface area contributed by atoms with Crippen molar-refractivity contribution >= 4 is 23.5 Å². The molecule has 0 unspecified atom stereocenters. The topological polar surface area (TPSA) is 118 Å². The number of hydrogen-bond donors (Lipinski definition) is 3. The average Bonchev–Trinajstić information content (AvgIpc) is 3.26. The van der Waals surface area contributed by atoms with Crippen LogP contribution in [0.1, 0.15) is 73.9 Å². The summed E-state index contributed by atoms with van der Waals surface area (Å²) in [4.78, 5) is 21.8. The van der Waals surface area contributed by atoms with Gasteiger partial charge in [-0.15, -0.1) is 0 Å². The number of nitrogens with one attached hydrogen (secondary N) is 3. The van der Waals surface area contributed by atoms with Gasteiger partial charge in [-0.05, 0) is 50.9 Å². The highest BCUT2D eigenvalue weighted by Gasteiger charge is 2.58. The zero-order valence-corrected chi connectivity index (χ0v) is 20.2. The molecule has 10 nitrogen and oxygen atoms in total. The molecular formula is C25H30FN7O3. The number of nitrogens with zero attached hydrogens (tertiary/aromatic N) is 4. The van der Waals surface area contributed by atoms with E-state index in [4.69, 9.17) is 14.5 Å². The van der Waals surface area contributed by atoms with Crippen molar-refractivity contribution in [1.82, 2.24) is 29.9 Å². The molecule has 5 saturated carbocycles. The summed E-state index contributed by atoms with van der Waals surface area (Å²) in [7, 11) is 1.64. The van der Waals surface area contributed by atoms with E-state index >= 15 is 4.39 Å². The van der Waals surface area contributed by atoms with Crippen LogP contribution >= 0.6 is 0 Å². The van der Waals surface area contributed by atoms with Crippen LogP contribution in [-0.4, -0.2) is 55.6 Å². The van der Waals surface area contributed by atoms with E-state index in [1.165, 1.54) is 0 Å². The number of aromatic amines is 1. The fourth-order valence-electron chi connectivity index (χ4n) is 6.04. The molecular weight excluding hydrogens is 465 g/mol. The monoisotopic (exact) mass is 495 g/mol. The van der Waals surface area contributed by atoms with Gasteiger partial charge in [0.05, 0.1) is 18.0 Å². The number of fused-ring (bicyclic) bond motifs is 1. The second-order valence-corrected chi connectivity index (χ2v) is 11.0. The minimum atomic E-state index is -1.29. The molecule has 3 heterocycles. The van der Waals surface area contributed by atoms with Gasteiger partial charge in [0.2, 0.25) is 5.95 Å². The summed E-state index contributed by atoms with van der Waals surface area (Å²) in [6.07, 6.45) is 5.76. The number of imidazole rings is 1. The van der Waals surface area contributed by atoms with E-state index < -0.39 is 24.3 Å². The quantitative estimate of drug-likeness (QED) is 0.431. The molecule has 190 valence electrons. The van der Waals surface area contributed by atoms with Gasteiger partial charge < -0.3 is 20.1 Å². The molecule has 3 N–H and O–H groups in total. The molecule has 0 spiro atoms. The van der Waals surface area contributed by atoms with E-state index in [2.05, 4.69) is 25.8 Å². The van der Waals surface area contributed by atoms with Crippen LogP contribution in [0.5, 0.6) is 0 Å². The molecule has 5 aliphatic carbocycles. The van der Waals surface area contributed by atoms with Crippen LogP contribution in [0.25, 0.3) is 5.65 Å². The van der Waals surface area contributed by atoms with Crippen LogP contribution in [-0.2, 0) is 16.1 Å². The molecule has 3 aromatic heterocycles. The van der Waals surface area contributed by atoms with Gasteiger partial charge in [0, 0.05) is 48.5 Å². The molecule has 5 aliphatic rings. The normalized spacial score (nSPS) is 30.6. The maximum atomic E-state index is 15.3. The second kappa shape index (κ2) is 8.16. The van der Waals surface area contributed by atoms with Crippen LogP contribution in [0.2, 0.25) is 0 Å². The first kappa shape index (κ1) is 22.0. The summed E-state index contributed by atoms with van der Waals surface area (Å²) in [5.74, 6) is 1.96.